The number of amides is 1. The number of rotatable bonds is 4. The maximum absolute atomic E-state index is 12.5. The minimum atomic E-state index is -2.46. The van der Waals surface area contributed by atoms with Crippen molar-refractivity contribution < 1.29 is 13.6 Å². The van der Waals surface area contributed by atoms with E-state index in [0.29, 0.717) is 5.69 Å². The van der Waals surface area contributed by atoms with Gasteiger partial charge in [-0.15, -0.1) is 0 Å². The van der Waals surface area contributed by atoms with Crippen LogP contribution in [0.1, 0.15) is 29.8 Å². The predicted octanol–water partition coefficient (Wildman–Crippen LogP) is 1.97. The highest BCUT2D eigenvalue weighted by molar-refractivity contribution is 5.92. The van der Waals surface area contributed by atoms with E-state index in [1.165, 1.54) is 10.8 Å². The average molecular weight is 285 g/mol. The van der Waals surface area contributed by atoms with E-state index in [2.05, 4.69) is 5.32 Å². The van der Waals surface area contributed by atoms with Gasteiger partial charge in [0.15, 0.2) is 0 Å². The van der Waals surface area contributed by atoms with E-state index >= 15 is 0 Å². The Labute approximate surface area is 117 Å². The van der Waals surface area contributed by atoms with Gasteiger partial charge < -0.3 is 14.8 Å². The maximum atomic E-state index is 12.5. The van der Waals surface area contributed by atoms with Crippen LogP contribution in [0.2, 0.25) is 0 Å². The highest BCUT2D eigenvalue weighted by Gasteiger charge is 2.24. The molecule has 112 valence electrons. The number of alkyl halides is 2. The van der Waals surface area contributed by atoms with Gasteiger partial charge in [-0.25, -0.2) is 8.78 Å². The van der Waals surface area contributed by atoms with Crippen LogP contribution >= 0.6 is 0 Å². The molecule has 2 heterocycles. The minimum absolute atomic E-state index is 0.174. The Morgan fingerprint density at radius 3 is 3.05 bits per heavy atom. The summed E-state index contributed by atoms with van der Waals surface area (Å²) in [5, 5.41) is 3.30. The standard InChI is InChI=1S/C14H21F2N3O/c1-18(11-4-2-7-17-8-6-11)14(20)12-5-3-9-19(12)10-13(15)16/h3,5,9,11,13,17H,2,4,6-8,10H2,1H3. The molecule has 6 heteroatoms. The van der Waals surface area contributed by atoms with Crippen LogP contribution in [0.25, 0.3) is 0 Å². The molecule has 0 radical (unpaired) electrons. The van der Waals surface area contributed by atoms with Crippen LogP contribution < -0.4 is 5.32 Å². The Kier molecular flexibility index (Phi) is 5.11. The fourth-order valence-electron chi connectivity index (χ4n) is 2.65. The molecule has 0 aromatic carbocycles. The Bertz CT molecular complexity index is 439. The average Bonchev–Trinajstić information content (AvgIpc) is 2.70. The molecule has 1 aliphatic heterocycles. The van der Waals surface area contributed by atoms with Crippen LogP contribution in [0.15, 0.2) is 18.3 Å². The van der Waals surface area contributed by atoms with Gasteiger partial charge in [0, 0.05) is 19.3 Å². The lowest BCUT2D eigenvalue weighted by molar-refractivity contribution is 0.0700. The molecule has 1 N–H and O–H groups in total. The van der Waals surface area contributed by atoms with Gasteiger partial charge >= 0.3 is 0 Å². The summed E-state index contributed by atoms with van der Waals surface area (Å²) in [5.74, 6) is -0.178. The molecular weight excluding hydrogens is 264 g/mol. The van der Waals surface area contributed by atoms with Crippen LogP contribution in [-0.4, -0.2) is 48.0 Å². The van der Waals surface area contributed by atoms with Crippen LogP contribution in [0.4, 0.5) is 8.78 Å². The third-order valence-corrected chi connectivity index (χ3v) is 3.80. The van der Waals surface area contributed by atoms with E-state index in [4.69, 9.17) is 0 Å². The molecule has 1 atom stereocenters. The summed E-state index contributed by atoms with van der Waals surface area (Å²) in [6.45, 7) is 1.43. The van der Waals surface area contributed by atoms with Crippen molar-refractivity contribution in [2.75, 3.05) is 20.1 Å². The van der Waals surface area contributed by atoms with Crippen molar-refractivity contribution in [3.63, 3.8) is 0 Å². The number of carbonyl (C=O) groups is 1. The molecule has 20 heavy (non-hydrogen) atoms. The first-order valence-corrected chi connectivity index (χ1v) is 7.00. The molecule has 1 unspecified atom stereocenters. The quantitative estimate of drug-likeness (QED) is 0.918. The van der Waals surface area contributed by atoms with Crippen LogP contribution in [0, 0.1) is 0 Å². The van der Waals surface area contributed by atoms with E-state index in [9.17, 15) is 13.6 Å². The highest BCUT2D eigenvalue weighted by atomic mass is 19.3. The number of nitrogens with zero attached hydrogens (tertiary/aromatic N) is 2. The summed E-state index contributed by atoms with van der Waals surface area (Å²) in [6, 6.07) is 3.42. The molecule has 4 nitrogen and oxygen atoms in total. The van der Waals surface area contributed by atoms with Crippen molar-refractivity contribution in [3.8, 4) is 0 Å². The topological polar surface area (TPSA) is 37.3 Å². The second kappa shape index (κ2) is 6.83. The van der Waals surface area contributed by atoms with Crippen molar-refractivity contribution in [1.29, 1.82) is 0 Å². The number of hydrogen-bond acceptors (Lipinski definition) is 2. The lowest BCUT2D eigenvalue weighted by Crippen LogP contribution is -2.38. The molecule has 1 amide bonds. The fraction of sp³-hybridized carbons (Fsp3) is 0.643. The van der Waals surface area contributed by atoms with Crippen molar-refractivity contribution in [3.05, 3.63) is 24.0 Å². The Morgan fingerprint density at radius 2 is 2.30 bits per heavy atom. The van der Waals surface area contributed by atoms with Gasteiger partial charge in [0.2, 0.25) is 0 Å². The molecular formula is C14H21F2N3O. The lowest BCUT2D eigenvalue weighted by Gasteiger charge is -2.27. The third-order valence-electron chi connectivity index (χ3n) is 3.80. The maximum Gasteiger partial charge on any atom is 0.270 e. The first-order valence-electron chi connectivity index (χ1n) is 7.00. The first-order chi connectivity index (χ1) is 9.59. The number of nitrogens with one attached hydrogen (secondary N) is 1. The van der Waals surface area contributed by atoms with Crippen molar-refractivity contribution in [1.82, 2.24) is 14.8 Å². The third kappa shape index (κ3) is 3.56. The summed E-state index contributed by atoms with van der Waals surface area (Å²) in [4.78, 5) is 14.2. The summed E-state index contributed by atoms with van der Waals surface area (Å²) in [7, 11) is 1.76. The number of aromatic nitrogens is 1. The summed E-state index contributed by atoms with van der Waals surface area (Å²) in [6.07, 6.45) is 1.95. The van der Waals surface area contributed by atoms with Gasteiger partial charge in [-0.3, -0.25) is 4.79 Å². The number of hydrogen-bond donors (Lipinski definition) is 1. The molecule has 1 aromatic rings. The minimum Gasteiger partial charge on any atom is -0.338 e. The second-order valence-corrected chi connectivity index (χ2v) is 5.19. The summed E-state index contributed by atoms with van der Waals surface area (Å²) in [5.41, 5.74) is 0.338. The van der Waals surface area contributed by atoms with Gasteiger partial charge in [0.1, 0.15) is 5.69 Å². The monoisotopic (exact) mass is 285 g/mol. The molecule has 1 fully saturated rings. The Hall–Kier alpha value is -1.43. The smallest absolute Gasteiger partial charge is 0.270 e. The highest BCUT2D eigenvalue weighted by Crippen LogP contribution is 2.16. The molecule has 2 rings (SSSR count). The number of carbonyl (C=O) groups excluding carboxylic acids is 1. The lowest BCUT2D eigenvalue weighted by atomic mass is 10.1. The van der Waals surface area contributed by atoms with E-state index in [-0.39, 0.29) is 11.9 Å². The van der Waals surface area contributed by atoms with Crippen LogP contribution in [0.5, 0.6) is 0 Å². The van der Waals surface area contributed by atoms with Crippen molar-refractivity contribution >= 4 is 5.91 Å². The van der Waals surface area contributed by atoms with Gasteiger partial charge in [0.05, 0.1) is 6.54 Å². The normalized spacial score (nSPS) is 19.9. The molecule has 0 spiro atoms. The number of halogens is 2. The fourth-order valence-corrected chi connectivity index (χ4v) is 2.65. The zero-order chi connectivity index (χ0) is 14.5. The van der Waals surface area contributed by atoms with Gasteiger partial charge in [-0.2, -0.15) is 0 Å². The van der Waals surface area contributed by atoms with Gasteiger partial charge in [-0.05, 0) is 44.5 Å². The van der Waals surface area contributed by atoms with Crippen molar-refractivity contribution in [2.24, 2.45) is 0 Å². The molecule has 1 aliphatic rings. The van der Waals surface area contributed by atoms with Crippen LogP contribution in [0.3, 0.4) is 0 Å². The molecule has 0 saturated carbocycles. The zero-order valence-electron chi connectivity index (χ0n) is 11.7. The molecule has 1 aromatic heterocycles. The van der Waals surface area contributed by atoms with E-state index < -0.39 is 13.0 Å². The summed E-state index contributed by atoms with van der Waals surface area (Å²) >= 11 is 0. The van der Waals surface area contributed by atoms with Gasteiger partial charge in [-0.1, -0.05) is 0 Å². The van der Waals surface area contributed by atoms with E-state index in [1.807, 2.05) is 0 Å². The SMILES string of the molecule is CN(C(=O)c1cccn1CC(F)F)C1CCCNCC1. The van der Waals surface area contributed by atoms with E-state index in [1.54, 1.807) is 24.1 Å². The zero-order valence-corrected chi connectivity index (χ0v) is 11.7. The molecule has 1 saturated heterocycles. The summed E-state index contributed by atoms with van der Waals surface area (Å²) < 4.78 is 26.3. The van der Waals surface area contributed by atoms with Crippen LogP contribution in [-0.2, 0) is 6.54 Å². The van der Waals surface area contributed by atoms with Crippen molar-refractivity contribution in [2.45, 2.75) is 38.3 Å². The molecule has 0 bridgehead atoms. The Morgan fingerprint density at radius 1 is 1.50 bits per heavy atom. The predicted molar refractivity (Wildman–Crippen MR) is 73.0 cm³/mol. The first kappa shape index (κ1) is 15.0. The largest absolute Gasteiger partial charge is 0.338 e. The Balaban J connectivity index is 2.07. The van der Waals surface area contributed by atoms with E-state index in [0.717, 1.165) is 32.4 Å². The van der Waals surface area contributed by atoms with Gasteiger partial charge in [0.25, 0.3) is 12.3 Å². The molecule has 0 aliphatic carbocycles. The second-order valence-electron chi connectivity index (χ2n) is 5.19.